The molecule has 104 valence electrons. The maximum absolute atomic E-state index is 11.4. The molecule has 1 aliphatic heterocycles. The number of hydrogen-bond acceptors (Lipinski definition) is 3. The van der Waals surface area contributed by atoms with E-state index in [-0.39, 0.29) is 5.79 Å². The van der Waals surface area contributed by atoms with E-state index in [0.717, 1.165) is 32.5 Å². The van der Waals surface area contributed by atoms with Gasteiger partial charge in [0, 0.05) is 18.8 Å². The van der Waals surface area contributed by atoms with Crippen molar-refractivity contribution in [2.75, 3.05) is 13.2 Å². The number of rotatable bonds is 6. The number of ether oxygens (including phenoxy) is 2. The zero-order chi connectivity index (χ0) is 13.0. The van der Waals surface area contributed by atoms with Gasteiger partial charge in [-0.15, -0.1) is 0 Å². The maximum Gasteiger partial charge on any atom is 0.171 e. The summed E-state index contributed by atoms with van der Waals surface area (Å²) in [6.45, 7) is 5.36. The van der Waals surface area contributed by atoms with Crippen molar-refractivity contribution >= 4 is 5.78 Å². The van der Waals surface area contributed by atoms with Gasteiger partial charge >= 0.3 is 0 Å². The molecule has 0 bridgehead atoms. The lowest BCUT2D eigenvalue weighted by Crippen LogP contribution is -2.37. The van der Waals surface area contributed by atoms with Crippen molar-refractivity contribution in [3.05, 3.63) is 0 Å². The van der Waals surface area contributed by atoms with Gasteiger partial charge in [0.05, 0.1) is 13.2 Å². The Morgan fingerprint density at radius 2 is 2.00 bits per heavy atom. The van der Waals surface area contributed by atoms with Gasteiger partial charge in [-0.2, -0.15) is 0 Å². The van der Waals surface area contributed by atoms with Crippen LogP contribution < -0.4 is 0 Å². The molecule has 3 heteroatoms. The van der Waals surface area contributed by atoms with Gasteiger partial charge in [-0.3, -0.25) is 0 Å². The summed E-state index contributed by atoms with van der Waals surface area (Å²) in [6, 6.07) is 0. The number of hydrogen-bond donors (Lipinski definition) is 0. The standard InChI is InChI=1S/C15H26O3/c1-3-4-5-6-14-13(11-12(2)16)7-8-15(14)17-9-10-18-15/h13-14H,3-11H2,1-2H3. The second-order valence-electron chi connectivity index (χ2n) is 5.82. The Balaban J connectivity index is 2.00. The lowest BCUT2D eigenvalue weighted by atomic mass is 9.85. The van der Waals surface area contributed by atoms with Crippen LogP contribution in [0.2, 0.25) is 0 Å². The molecule has 0 aromatic carbocycles. The summed E-state index contributed by atoms with van der Waals surface area (Å²) in [6.07, 6.45) is 7.62. The first-order valence-electron chi connectivity index (χ1n) is 7.45. The van der Waals surface area contributed by atoms with E-state index in [1.807, 2.05) is 0 Å². The molecular weight excluding hydrogens is 228 g/mol. The van der Waals surface area contributed by atoms with Crippen molar-refractivity contribution in [3.63, 3.8) is 0 Å². The van der Waals surface area contributed by atoms with E-state index in [1.54, 1.807) is 6.92 Å². The SMILES string of the molecule is CCCCCC1C(CC(C)=O)CCC12OCCO2. The second kappa shape index (κ2) is 6.16. The average Bonchev–Trinajstić information content (AvgIpc) is 2.91. The second-order valence-corrected chi connectivity index (χ2v) is 5.82. The summed E-state index contributed by atoms with van der Waals surface area (Å²) < 4.78 is 11.8. The number of ketones is 1. The number of unbranched alkanes of at least 4 members (excludes halogenated alkanes) is 2. The predicted molar refractivity (Wildman–Crippen MR) is 70.3 cm³/mol. The van der Waals surface area contributed by atoms with Gasteiger partial charge in [-0.1, -0.05) is 26.2 Å². The minimum absolute atomic E-state index is 0.301. The molecule has 1 heterocycles. The Bertz CT molecular complexity index is 281. The highest BCUT2D eigenvalue weighted by Gasteiger charge is 2.52. The third-order valence-corrected chi connectivity index (χ3v) is 4.44. The molecule has 0 N–H and O–H groups in total. The normalized spacial score (nSPS) is 30.1. The predicted octanol–water partition coefficient (Wildman–Crippen LogP) is 3.32. The van der Waals surface area contributed by atoms with Crippen LogP contribution in [-0.2, 0) is 14.3 Å². The van der Waals surface area contributed by atoms with Gasteiger partial charge < -0.3 is 14.3 Å². The van der Waals surface area contributed by atoms with Crippen LogP contribution in [0.3, 0.4) is 0 Å². The lowest BCUT2D eigenvalue weighted by Gasteiger charge is -2.32. The van der Waals surface area contributed by atoms with Gasteiger partial charge in [0.15, 0.2) is 5.79 Å². The molecule has 2 rings (SSSR count). The Hall–Kier alpha value is -0.410. The Morgan fingerprint density at radius 3 is 2.61 bits per heavy atom. The van der Waals surface area contributed by atoms with E-state index in [2.05, 4.69) is 6.92 Å². The molecule has 2 unspecified atom stereocenters. The molecule has 0 aromatic heterocycles. The highest BCUT2D eigenvalue weighted by Crippen LogP contribution is 2.49. The van der Waals surface area contributed by atoms with Crippen molar-refractivity contribution in [2.24, 2.45) is 11.8 Å². The number of carbonyl (C=O) groups is 1. The van der Waals surface area contributed by atoms with Crippen LogP contribution >= 0.6 is 0 Å². The topological polar surface area (TPSA) is 35.5 Å². The van der Waals surface area contributed by atoms with E-state index >= 15 is 0 Å². The van der Waals surface area contributed by atoms with Crippen LogP contribution in [-0.4, -0.2) is 24.8 Å². The summed E-state index contributed by atoms with van der Waals surface area (Å²) in [7, 11) is 0. The Morgan fingerprint density at radius 1 is 1.28 bits per heavy atom. The Kier molecular flexibility index (Phi) is 4.79. The van der Waals surface area contributed by atoms with Crippen molar-refractivity contribution in [1.29, 1.82) is 0 Å². The van der Waals surface area contributed by atoms with Gasteiger partial charge in [0.25, 0.3) is 0 Å². The molecule has 2 fully saturated rings. The minimum atomic E-state index is -0.339. The zero-order valence-electron chi connectivity index (χ0n) is 11.7. The molecule has 1 spiro atoms. The van der Waals surface area contributed by atoms with Gasteiger partial charge in [-0.05, 0) is 25.7 Å². The molecule has 0 amide bonds. The highest BCUT2D eigenvalue weighted by atomic mass is 16.7. The van der Waals surface area contributed by atoms with Crippen LogP contribution in [0.4, 0.5) is 0 Å². The molecular formula is C15H26O3. The first kappa shape index (κ1) is 14.0. The summed E-state index contributed by atoms with van der Waals surface area (Å²) in [4.78, 5) is 11.4. The average molecular weight is 254 g/mol. The zero-order valence-corrected chi connectivity index (χ0v) is 11.7. The van der Waals surface area contributed by atoms with Gasteiger partial charge in [0.1, 0.15) is 5.78 Å². The van der Waals surface area contributed by atoms with E-state index in [0.29, 0.717) is 24.0 Å². The minimum Gasteiger partial charge on any atom is -0.347 e. The molecule has 2 aliphatic rings. The fourth-order valence-corrected chi connectivity index (χ4v) is 3.64. The Labute approximate surface area is 110 Å². The van der Waals surface area contributed by atoms with E-state index < -0.39 is 0 Å². The van der Waals surface area contributed by atoms with Crippen LogP contribution in [0.1, 0.15) is 58.8 Å². The number of carbonyl (C=O) groups excluding carboxylic acids is 1. The first-order valence-corrected chi connectivity index (χ1v) is 7.45. The highest BCUT2D eigenvalue weighted by molar-refractivity contribution is 5.75. The molecule has 1 saturated carbocycles. The van der Waals surface area contributed by atoms with Crippen LogP contribution in [0.15, 0.2) is 0 Å². The van der Waals surface area contributed by atoms with E-state index in [4.69, 9.17) is 9.47 Å². The van der Waals surface area contributed by atoms with E-state index in [1.165, 1.54) is 19.3 Å². The van der Waals surface area contributed by atoms with Crippen LogP contribution in [0.5, 0.6) is 0 Å². The number of Topliss-reactive ketones (excluding diaryl/α,β-unsaturated/α-hetero) is 1. The molecule has 3 nitrogen and oxygen atoms in total. The van der Waals surface area contributed by atoms with Crippen molar-refractivity contribution < 1.29 is 14.3 Å². The monoisotopic (exact) mass is 254 g/mol. The summed E-state index contributed by atoms with van der Waals surface area (Å²) in [5.74, 6) is 0.858. The third kappa shape index (κ3) is 2.94. The fourth-order valence-electron chi connectivity index (χ4n) is 3.64. The van der Waals surface area contributed by atoms with Crippen molar-refractivity contribution in [1.82, 2.24) is 0 Å². The molecule has 0 radical (unpaired) electrons. The van der Waals surface area contributed by atoms with Crippen LogP contribution in [0, 0.1) is 11.8 Å². The van der Waals surface area contributed by atoms with Gasteiger partial charge in [0.2, 0.25) is 0 Å². The van der Waals surface area contributed by atoms with Crippen molar-refractivity contribution in [3.8, 4) is 0 Å². The smallest absolute Gasteiger partial charge is 0.171 e. The summed E-state index contributed by atoms with van der Waals surface area (Å²) in [5.41, 5.74) is 0. The molecule has 1 saturated heterocycles. The van der Waals surface area contributed by atoms with Gasteiger partial charge in [-0.25, -0.2) is 0 Å². The fraction of sp³-hybridized carbons (Fsp3) is 0.933. The largest absolute Gasteiger partial charge is 0.347 e. The maximum atomic E-state index is 11.4. The van der Waals surface area contributed by atoms with E-state index in [9.17, 15) is 4.79 Å². The van der Waals surface area contributed by atoms with Crippen LogP contribution in [0.25, 0.3) is 0 Å². The summed E-state index contributed by atoms with van der Waals surface area (Å²) in [5, 5.41) is 0. The quantitative estimate of drug-likeness (QED) is 0.682. The molecule has 2 atom stereocenters. The third-order valence-electron chi connectivity index (χ3n) is 4.44. The molecule has 0 aromatic rings. The summed E-state index contributed by atoms with van der Waals surface area (Å²) >= 11 is 0. The molecule has 18 heavy (non-hydrogen) atoms. The lowest BCUT2D eigenvalue weighted by molar-refractivity contribution is -0.188. The molecule has 1 aliphatic carbocycles. The first-order chi connectivity index (χ1) is 8.68. The van der Waals surface area contributed by atoms with Crippen molar-refractivity contribution in [2.45, 2.75) is 64.6 Å².